The van der Waals surface area contributed by atoms with E-state index in [0.717, 1.165) is 34.8 Å². The number of nitriles is 1. The lowest BCUT2D eigenvalue weighted by Crippen LogP contribution is -2.02. The van der Waals surface area contributed by atoms with E-state index in [1.807, 2.05) is 13.8 Å². The molecule has 0 saturated heterocycles. The molecule has 1 aliphatic heterocycles. The maximum atomic E-state index is 13.5. The summed E-state index contributed by atoms with van der Waals surface area (Å²) in [7, 11) is 0. The number of nitrogens with zero attached hydrogens (tertiary/aromatic N) is 2. The van der Waals surface area contributed by atoms with Crippen molar-refractivity contribution in [1.82, 2.24) is 4.98 Å². The van der Waals surface area contributed by atoms with Gasteiger partial charge in [0, 0.05) is 16.1 Å². The predicted octanol–water partition coefficient (Wildman–Crippen LogP) is 6.80. The Morgan fingerprint density at radius 1 is 1.26 bits per heavy atom. The molecule has 27 heavy (non-hydrogen) atoms. The standard InChI is InChI=1S/C19H18FN3S2.C2H6/c1-11-4-7-16-18(25-19(11)24-3)17(13(9-21)10-22-16)23-14-5-6-15(20)12(2)8-14;1-2/h5-6,8,10H,4,7H2,1-3H3,(H,22,23);1-2H3. The maximum absolute atomic E-state index is 13.5. The molecule has 142 valence electrons. The van der Waals surface area contributed by atoms with Gasteiger partial charge >= 0.3 is 0 Å². The zero-order valence-electron chi connectivity index (χ0n) is 16.3. The first-order valence-electron chi connectivity index (χ1n) is 8.90. The van der Waals surface area contributed by atoms with Crippen LogP contribution in [0.1, 0.15) is 44.0 Å². The maximum Gasteiger partial charge on any atom is 0.126 e. The second-order valence-corrected chi connectivity index (χ2v) is 7.99. The van der Waals surface area contributed by atoms with E-state index in [1.54, 1.807) is 48.8 Å². The minimum Gasteiger partial charge on any atom is -0.353 e. The lowest BCUT2D eigenvalue weighted by molar-refractivity contribution is 0.619. The Labute approximate surface area is 169 Å². The van der Waals surface area contributed by atoms with Gasteiger partial charge in [0.15, 0.2) is 0 Å². The number of fused-ring (bicyclic) bond motifs is 1. The largest absolute Gasteiger partial charge is 0.353 e. The van der Waals surface area contributed by atoms with Crippen LogP contribution in [0.3, 0.4) is 0 Å². The van der Waals surface area contributed by atoms with Gasteiger partial charge in [-0.1, -0.05) is 31.2 Å². The number of benzene rings is 1. The fourth-order valence-corrected chi connectivity index (χ4v) is 4.73. The van der Waals surface area contributed by atoms with E-state index in [0.29, 0.717) is 11.1 Å². The molecule has 1 aromatic carbocycles. The van der Waals surface area contributed by atoms with Crippen molar-refractivity contribution in [3.05, 3.63) is 56.8 Å². The average molecular weight is 402 g/mol. The van der Waals surface area contributed by atoms with Crippen LogP contribution in [0, 0.1) is 24.1 Å². The number of anilines is 2. The van der Waals surface area contributed by atoms with Crippen LogP contribution in [-0.2, 0) is 6.42 Å². The van der Waals surface area contributed by atoms with Crippen molar-refractivity contribution >= 4 is 34.9 Å². The van der Waals surface area contributed by atoms with Crippen LogP contribution in [0.25, 0.3) is 0 Å². The Morgan fingerprint density at radius 2 is 2.00 bits per heavy atom. The highest BCUT2D eigenvalue weighted by Gasteiger charge is 2.21. The quantitative estimate of drug-likeness (QED) is 0.612. The summed E-state index contributed by atoms with van der Waals surface area (Å²) in [5.41, 5.74) is 4.92. The lowest BCUT2D eigenvalue weighted by Gasteiger charge is -2.16. The lowest BCUT2D eigenvalue weighted by atomic mass is 10.1. The Bertz CT molecular complexity index is 901. The predicted molar refractivity (Wildman–Crippen MR) is 115 cm³/mol. The van der Waals surface area contributed by atoms with Gasteiger partial charge in [0.1, 0.15) is 11.9 Å². The molecule has 6 heteroatoms. The number of rotatable bonds is 3. The first kappa shape index (κ1) is 21.3. The molecule has 0 radical (unpaired) electrons. The third kappa shape index (κ3) is 4.85. The molecule has 1 aromatic heterocycles. The van der Waals surface area contributed by atoms with Crippen LogP contribution < -0.4 is 5.32 Å². The summed E-state index contributed by atoms with van der Waals surface area (Å²) >= 11 is 3.38. The van der Waals surface area contributed by atoms with Crippen LogP contribution in [0.4, 0.5) is 15.8 Å². The Hall–Kier alpha value is -1.97. The van der Waals surface area contributed by atoms with Gasteiger partial charge in [0.2, 0.25) is 0 Å². The van der Waals surface area contributed by atoms with Crippen LogP contribution in [0.2, 0.25) is 0 Å². The normalized spacial score (nSPS) is 13.1. The number of allylic oxidation sites excluding steroid dienone is 1. The summed E-state index contributed by atoms with van der Waals surface area (Å²) < 4.78 is 14.8. The number of hydrogen-bond donors (Lipinski definition) is 1. The molecular weight excluding hydrogens is 377 g/mol. The van der Waals surface area contributed by atoms with Gasteiger partial charge < -0.3 is 5.32 Å². The van der Waals surface area contributed by atoms with Crippen LogP contribution >= 0.6 is 23.5 Å². The molecule has 3 rings (SSSR count). The number of pyridine rings is 1. The molecule has 0 fully saturated rings. The smallest absolute Gasteiger partial charge is 0.126 e. The third-order valence-corrected chi connectivity index (χ3v) is 6.77. The molecule has 0 aliphatic carbocycles. The highest BCUT2D eigenvalue weighted by molar-refractivity contribution is 8.22. The molecule has 0 spiro atoms. The van der Waals surface area contributed by atoms with Crippen LogP contribution in [0.5, 0.6) is 0 Å². The molecule has 0 bridgehead atoms. The van der Waals surface area contributed by atoms with E-state index in [9.17, 15) is 9.65 Å². The molecule has 3 nitrogen and oxygen atoms in total. The number of nitrogens with one attached hydrogen (secondary N) is 1. The second-order valence-electron chi connectivity index (χ2n) is 5.90. The van der Waals surface area contributed by atoms with Gasteiger partial charge in [-0.25, -0.2) is 4.39 Å². The molecule has 0 unspecified atom stereocenters. The zero-order valence-corrected chi connectivity index (χ0v) is 17.9. The van der Waals surface area contributed by atoms with Crippen molar-refractivity contribution in [2.24, 2.45) is 0 Å². The van der Waals surface area contributed by atoms with E-state index in [-0.39, 0.29) is 5.82 Å². The summed E-state index contributed by atoms with van der Waals surface area (Å²) in [6.45, 7) is 7.87. The third-order valence-electron chi connectivity index (χ3n) is 4.12. The average Bonchev–Trinajstić information content (AvgIpc) is 2.85. The zero-order chi connectivity index (χ0) is 20.0. The van der Waals surface area contributed by atoms with Crippen LogP contribution in [0.15, 0.2) is 39.1 Å². The van der Waals surface area contributed by atoms with Crippen LogP contribution in [-0.4, -0.2) is 11.2 Å². The summed E-state index contributed by atoms with van der Waals surface area (Å²) in [5, 5.41) is 12.9. The molecule has 0 amide bonds. The van der Waals surface area contributed by atoms with Crippen molar-refractivity contribution in [2.45, 2.75) is 45.4 Å². The SMILES string of the molecule is CC.CSC1=C(C)CCc2ncc(C#N)c(Nc3ccc(F)c(C)c3)c2S1. The number of hydrogen-bond acceptors (Lipinski definition) is 5. The first-order valence-corrected chi connectivity index (χ1v) is 10.9. The topological polar surface area (TPSA) is 48.7 Å². The van der Waals surface area contributed by atoms with Crippen molar-refractivity contribution in [2.75, 3.05) is 11.6 Å². The molecule has 0 saturated carbocycles. The number of halogens is 1. The Kier molecular flexibility index (Phi) is 7.76. The second kappa shape index (κ2) is 9.82. The monoisotopic (exact) mass is 401 g/mol. The minimum absolute atomic E-state index is 0.239. The minimum atomic E-state index is -0.239. The molecular formula is C21H24FN3S2. The summed E-state index contributed by atoms with van der Waals surface area (Å²) in [5.74, 6) is -0.239. The molecule has 1 aliphatic rings. The number of aryl methyl sites for hydroxylation is 2. The van der Waals surface area contributed by atoms with Gasteiger partial charge in [-0.3, -0.25) is 4.98 Å². The van der Waals surface area contributed by atoms with Crippen molar-refractivity contribution in [3.63, 3.8) is 0 Å². The Balaban J connectivity index is 0.00000126. The Morgan fingerprint density at radius 3 is 2.63 bits per heavy atom. The number of aromatic nitrogens is 1. The summed E-state index contributed by atoms with van der Waals surface area (Å²) in [6, 6.07) is 7.10. The summed E-state index contributed by atoms with van der Waals surface area (Å²) in [4.78, 5) is 5.50. The van der Waals surface area contributed by atoms with Crippen molar-refractivity contribution < 1.29 is 4.39 Å². The number of thioether (sulfide) groups is 2. The molecule has 0 atom stereocenters. The molecule has 2 aromatic rings. The van der Waals surface area contributed by atoms with Gasteiger partial charge in [-0.05, 0) is 56.7 Å². The van der Waals surface area contributed by atoms with E-state index in [4.69, 9.17) is 0 Å². The van der Waals surface area contributed by atoms with Gasteiger partial charge in [-0.2, -0.15) is 5.26 Å². The fraction of sp³-hybridized carbons (Fsp3) is 0.333. The molecule has 2 heterocycles. The van der Waals surface area contributed by atoms with E-state index in [2.05, 4.69) is 29.5 Å². The molecule has 1 N–H and O–H groups in total. The van der Waals surface area contributed by atoms with E-state index >= 15 is 0 Å². The van der Waals surface area contributed by atoms with E-state index in [1.165, 1.54) is 15.9 Å². The van der Waals surface area contributed by atoms with Gasteiger partial charge in [0.25, 0.3) is 0 Å². The van der Waals surface area contributed by atoms with Gasteiger partial charge in [0.05, 0.1) is 21.8 Å². The first-order chi connectivity index (χ1) is 13.0. The van der Waals surface area contributed by atoms with E-state index < -0.39 is 0 Å². The highest BCUT2D eigenvalue weighted by Crippen LogP contribution is 2.46. The van der Waals surface area contributed by atoms with Crippen molar-refractivity contribution in [1.29, 1.82) is 5.26 Å². The highest BCUT2D eigenvalue weighted by atomic mass is 32.2. The van der Waals surface area contributed by atoms with Gasteiger partial charge in [-0.15, -0.1) is 11.8 Å². The van der Waals surface area contributed by atoms with Crippen molar-refractivity contribution in [3.8, 4) is 6.07 Å². The summed E-state index contributed by atoms with van der Waals surface area (Å²) in [6.07, 6.45) is 5.50. The fourth-order valence-electron chi connectivity index (χ4n) is 2.70.